The quantitative estimate of drug-likeness (QED) is 0.884. The minimum atomic E-state index is -3.58. The van der Waals surface area contributed by atoms with Crippen LogP contribution >= 0.6 is 15.9 Å². The van der Waals surface area contributed by atoms with E-state index in [-0.39, 0.29) is 24.2 Å². The first-order valence-electron chi connectivity index (χ1n) is 6.37. The normalized spacial score (nSPS) is 24.8. The highest BCUT2D eigenvalue weighted by Crippen LogP contribution is 2.26. The highest BCUT2D eigenvalue weighted by molar-refractivity contribution is 9.10. The van der Waals surface area contributed by atoms with Crippen molar-refractivity contribution in [2.24, 2.45) is 0 Å². The lowest BCUT2D eigenvalue weighted by Crippen LogP contribution is -2.50. The van der Waals surface area contributed by atoms with Crippen molar-refractivity contribution in [2.45, 2.75) is 31.0 Å². The molecular formula is C13H18BrNO4S. The number of morpholine rings is 1. The summed E-state index contributed by atoms with van der Waals surface area (Å²) in [5.74, 6) is 0. The van der Waals surface area contributed by atoms with Crippen LogP contribution in [0.4, 0.5) is 0 Å². The van der Waals surface area contributed by atoms with Crippen LogP contribution in [0.2, 0.25) is 0 Å². The largest absolute Gasteiger partial charge is 0.394 e. The van der Waals surface area contributed by atoms with E-state index in [9.17, 15) is 13.5 Å². The van der Waals surface area contributed by atoms with Crippen LogP contribution in [0.3, 0.4) is 0 Å². The second kappa shape index (κ2) is 6.11. The van der Waals surface area contributed by atoms with Crippen molar-refractivity contribution in [3.05, 3.63) is 28.2 Å². The van der Waals surface area contributed by atoms with Gasteiger partial charge in [-0.05, 0) is 31.5 Å². The maximum absolute atomic E-state index is 12.7. The average Bonchev–Trinajstić information content (AvgIpc) is 2.40. The van der Waals surface area contributed by atoms with Crippen LogP contribution in [0.5, 0.6) is 0 Å². The first-order valence-corrected chi connectivity index (χ1v) is 8.60. The Morgan fingerprint density at radius 3 is 2.80 bits per heavy atom. The molecule has 7 heteroatoms. The van der Waals surface area contributed by atoms with E-state index in [2.05, 4.69) is 15.9 Å². The van der Waals surface area contributed by atoms with Crippen molar-refractivity contribution in [1.29, 1.82) is 0 Å². The van der Waals surface area contributed by atoms with Crippen molar-refractivity contribution in [2.75, 3.05) is 19.7 Å². The molecule has 1 aromatic carbocycles. The Balaban J connectivity index is 2.36. The predicted octanol–water partition coefficient (Wildman–Crippen LogP) is 1.53. The van der Waals surface area contributed by atoms with Crippen LogP contribution in [0.25, 0.3) is 0 Å². The number of ether oxygens (including phenoxy) is 1. The molecule has 0 radical (unpaired) electrons. The van der Waals surface area contributed by atoms with Crippen LogP contribution in [0, 0.1) is 6.92 Å². The Morgan fingerprint density at radius 2 is 2.15 bits per heavy atom. The lowest BCUT2D eigenvalue weighted by atomic mass is 10.2. The minimum absolute atomic E-state index is 0.176. The highest BCUT2D eigenvalue weighted by atomic mass is 79.9. The molecule has 0 bridgehead atoms. The van der Waals surface area contributed by atoms with E-state index >= 15 is 0 Å². The molecular weight excluding hydrogens is 346 g/mol. The molecule has 1 aliphatic rings. The van der Waals surface area contributed by atoms with E-state index in [4.69, 9.17) is 4.74 Å². The number of aliphatic hydroxyl groups is 1. The Morgan fingerprint density at radius 1 is 1.45 bits per heavy atom. The molecule has 0 amide bonds. The number of nitrogens with zero attached hydrogens (tertiary/aromatic N) is 1. The molecule has 5 nitrogen and oxygen atoms in total. The molecule has 2 atom stereocenters. The molecule has 2 unspecified atom stereocenters. The lowest BCUT2D eigenvalue weighted by molar-refractivity contribution is -0.0750. The number of aliphatic hydroxyl groups excluding tert-OH is 1. The Labute approximate surface area is 127 Å². The maximum atomic E-state index is 12.7. The fourth-order valence-corrected chi connectivity index (χ4v) is 4.60. The minimum Gasteiger partial charge on any atom is -0.394 e. The van der Waals surface area contributed by atoms with Gasteiger partial charge in [0.05, 0.1) is 23.7 Å². The third-order valence-electron chi connectivity index (χ3n) is 3.26. The molecule has 112 valence electrons. The summed E-state index contributed by atoms with van der Waals surface area (Å²) in [7, 11) is -3.58. The molecule has 1 fully saturated rings. The van der Waals surface area contributed by atoms with E-state index in [1.807, 2.05) is 6.07 Å². The standard InChI is InChI=1S/C13H18BrNO4S/c1-9-3-4-11(14)5-13(9)20(17,18)15-6-10(2)19-12(7-15)8-16/h3-5,10,12,16H,6-8H2,1-2H3. The first-order chi connectivity index (χ1) is 9.34. The van der Waals surface area contributed by atoms with Crippen LogP contribution in [-0.4, -0.2) is 49.7 Å². The summed E-state index contributed by atoms with van der Waals surface area (Å²) >= 11 is 3.30. The molecule has 2 rings (SSSR count). The Kier molecular flexibility index (Phi) is 4.86. The van der Waals surface area contributed by atoms with Gasteiger partial charge < -0.3 is 9.84 Å². The Bertz CT molecular complexity index is 590. The summed E-state index contributed by atoms with van der Waals surface area (Å²) in [6, 6.07) is 5.19. The highest BCUT2D eigenvalue weighted by Gasteiger charge is 2.34. The fourth-order valence-electron chi connectivity index (χ4n) is 2.29. The zero-order valence-electron chi connectivity index (χ0n) is 11.4. The number of hydrogen-bond donors (Lipinski definition) is 1. The van der Waals surface area contributed by atoms with Gasteiger partial charge in [-0.2, -0.15) is 4.31 Å². The summed E-state index contributed by atoms with van der Waals surface area (Å²) < 4.78 is 33.1. The number of sulfonamides is 1. The summed E-state index contributed by atoms with van der Waals surface area (Å²) in [5, 5.41) is 9.21. The van der Waals surface area contributed by atoms with Crippen LogP contribution in [-0.2, 0) is 14.8 Å². The van der Waals surface area contributed by atoms with Gasteiger partial charge in [-0.1, -0.05) is 22.0 Å². The molecule has 0 aromatic heterocycles. The van der Waals surface area contributed by atoms with Gasteiger partial charge in [0.2, 0.25) is 10.0 Å². The van der Waals surface area contributed by atoms with Crippen LogP contribution < -0.4 is 0 Å². The van der Waals surface area contributed by atoms with Gasteiger partial charge in [0.15, 0.2) is 0 Å². The first kappa shape index (κ1) is 15.9. The van der Waals surface area contributed by atoms with Gasteiger partial charge in [0.25, 0.3) is 0 Å². The van der Waals surface area contributed by atoms with E-state index in [0.29, 0.717) is 12.1 Å². The zero-order valence-corrected chi connectivity index (χ0v) is 13.8. The van der Waals surface area contributed by atoms with Crippen molar-refractivity contribution in [3.63, 3.8) is 0 Å². The molecule has 0 spiro atoms. The van der Waals surface area contributed by atoms with E-state index in [1.165, 1.54) is 4.31 Å². The molecule has 0 aliphatic carbocycles. The van der Waals surface area contributed by atoms with Gasteiger partial charge in [0, 0.05) is 17.6 Å². The molecule has 1 aromatic rings. The number of benzene rings is 1. The SMILES string of the molecule is Cc1ccc(Br)cc1S(=O)(=O)N1CC(C)OC(CO)C1. The maximum Gasteiger partial charge on any atom is 0.243 e. The average molecular weight is 364 g/mol. The zero-order chi connectivity index (χ0) is 14.9. The molecule has 1 heterocycles. The number of hydrogen-bond acceptors (Lipinski definition) is 4. The van der Waals surface area contributed by atoms with Crippen molar-refractivity contribution >= 4 is 26.0 Å². The second-order valence-corrected chi connectivity index (χ2v) is 7.81. The van der Waals surface area contributed by atoms with Crippen molar-refractivity contribution < 1.29 is 18.3 Å². The van der Waals surface area contributed by atoms with Gasteiger partial charge in [-0.3, -0.25) is 0 Å². The Hall–Kier alpha value is -0.470. The number of halogens is 1. The van der Waals surface area contributed by atoms with E-state index in [1.54, 1.807) is 26.0 Å². The number of aryl methyl sites for hydroxylation is 1. The third kappa shape index (κ3) is 3.23. The molecule has 1 N–H and O–H groups in total. The second-order valence-electron chi connectivity index (χ2n) is 4.98. The topological polar surface area (TPSA) is 66.8 Å². The number of rotatable bonds is 3. The van der Waals surface area contributed by atoms with Crippen molar-refractivity contribution in [1.82, 2.24) is 4.31 Å². The summed E-state index contributed by atoms with van der Waals surface area (Å²) in [5.41, 5.74) is 0.702. The van der Waals surface area contributed by atoms with Gasteiger partial charge in [-0.15, -0.1) is 0 Å². The lowest BCUT2D eigenvalue weighted by Gasteiger charge is -2.35. The van der Waals surface area contributed by atoms with E-state index in [0.717, 1.165) is 4.47 Å². The van der Waals surface area contributed by atoms with Gasteiger partial charge in [0.1, 0.15) is 0 Å². The summed E-state index contributed by atoms with van der Waals surface area (Å²) in [6.07, 6.45) is -0.705. The summed E-state index contributed by atoms with van der Waals surface area (Å²) in [6.45, 7) is 3.86. The molecule has 1 aliphatic heterocycles. The fraction of sp³-hybridized carbons (Fsp3) is 0.538. The van der Waals surface area contributed by atoms with Crippen LogP contribution in [0.1, 0.15) is 12.5 Å². The van der Waals surface area contributed by atoms with Crippen LogP contribution in [0.15, 0.2) is 27.6 Å². The molecule has 1 saturated heterocycles. The smallest absolute Gasteiger partial charge is 0.243 e. The summed E-state index contributed by atoms with van der Waals surface area (Å²) in [4.78, 5) is 0.290. The van der Waals surface area contributed by atoms with Gasteiger partial charge in [-0.25, -0.2) is 8.42 Å². The molecule has 20 heavy (non-hydrogen) atoms. The van der Waals surface area contributed by atoms with Gasteiger partial charge >= 0.3 is 0 Å². The molecule has 0 saturated carbocycles. The van der Waals surface area contributed by atoms with Crippen molar-refractivity contribution in [3.8, 4) is 0 Å². The monoisotopic (exact) mass is 363 g/mol. The third-order valence-corrected chi connectivity index (χ3v) is 5.73. The predicted molar refractivity (Wildman–Crippen MR) is 79.1 cm³/mol. The van der Waals surface area contributed by atoms with E-state index < -0.39 is 16.1 Å².